The van der Waals surface area contributed by atoms with Crippen molar-refractivity contribution in [2.45, 2.75) is 0 Å². The Bertz CT molecular complexity index is 668. The van der Waals surface area contributed by atoms with Gasteiger partial charge in [0.1, 0.15) is 6.54 Å². The standard InChI is InChI=1S/C13H9ClN2O2S/c14-11-6-5-10(19-11)13(18)16-7-12(17)15-8-3-1-2-4-9(8)16/h1-6H,7H2,(H,15,17). The molecular weight excluding hydrogens is 284 g/mol. The molecule has 1 aliphatic heterocycles. The lowest BCUT2D eigenvalue weighted by Gasteiger charge is -2.28. The molecule has 0 radical (unpaired) electrons. The van der Waals surface area contributed by atoms with Crippen LogP contribution >= 0.6 is 22.9 Å². The maximum atomic E-state index is 12.4. The van der Waals surface area contributed by atoms with Gasteiger partial charge >= 0.3 is 0 Å². The third-order valence-electron chi connectivity index (χ3n) is 2.80. The second-order valence-electron chi connectivity index (χ2n) is 4.06. The van der Waals surface area contributed by atoms with Crippen LogP contribution in [0.5, 0.6) is 0 Å². The molecular formula is C13H9ClN2O2S. The molecule has 6 heteroatoms. The van der Waals surface area contributed by atoms with Gasteiger partial charge in [-0.1, -0.05) is 23.7 Å². The Hall–Kier alpha value is -1.85. The Balaban J connectivity index is 2.01. The van der Waals surface area contributed by atoms with Gasteiger partial charge in [0.15, 0.2) is 0 Å². The van der Waals surface area contributed by atoms with Crippen molar-refractivity contribution in [1.29, 1.82) is 0 Å². The molecule has 0 saturated heterocycles. The number of thiophene rings is 1. The van der Waals surface area contributed by atoms with E-state index >= 15 is 0 Å². The van der Waals surface area contributed by atoms with Gasteiger partial charge in [-0.3, -0.25) is 14.5 Å². The smallest absolute Gasteiger partial charge is 0.268 e. The number of halogens is 1. The van der Waals surface area contributed by atoms with E-state index in [1.807, 2.05) is 18.2 Å². The molecule has 1 N–H and O–H groups in total. The van der Waals surface area contributed by atoms with Gasteiger partial charge in [-0.05, 0) is 24.3 Å². The van der Waals surface area contributed by atoms with E-state index < -0.39 is 0 Å². The molecule has 0 spiro atoms. The van der Waals surface area contributed by atoms with Crippen molar-refractivity contribution in [2.24, 2.45) is 0 Å². The van der Waals surface area contributed by atoms with E-state index in [0.29, 0.717) is 20.6 Å². The number of rotatable bonds is 1. The Kier molecular flexibility index (Phi) is 3.00. The van der Waals surface area contributed by atoms with E-state index in [1.54, 1.807) is 18.2 Å². The lowest BCUT2D eigenvalue weighted by molar-refractivity contribution is -0.115. The van der Waals surface area contributed by atoms with E-state index in [-0.39, 0.29) is 18.4 Å². The quantitative estimate of drug-likeness (QED) is 0.878. The molecule has 0 unspecified atom stereocenters. The number of benzene rings is 1. The molecule has 4 nitrogen and oxygen atoms in total. The first kappa shape index (κ1) is 12.2. The summed E-state index contributed by atoms with van der Waals surface area (Å²) >= 11 is 7.05. The molecule has 3 rings (SSSR count). The van der Waals surface area contributed by atoms with E-state index in [2.05, 4.69) is 5.32 Å². The number of carbonyl (C=O) groups is 2. The number of fused-ring (bicyclic) bond motifs is 1. The van der Waals surface area contributed by atoms with Crippen molar-refractivity contribution >= 4 is 46.1 Å². The normalized spacial score (nSPS) is 13.9. The summed E-state index contributed by atoms with van der Waals surface area (Å²) in [7, 11) is 0. The van der Waals surface area contributed by atoms with Crippen LogP contribution in [-0.4, -0.2) is 18.4 Å². The van der Waals surface area contributed by atoms with Crippen molar-refractivity contribution < 1.29 is 9.59 Å². The third kappa shape index (κ3) is 2.22. The lowest BCUT2D eigenvalue weighted by atomic mass is 10.2. The Morgan fingerprint density at radius 2 is 2.05 bits per heavy atom. The molecule has 96 valence electrons. The molecule has 2 amide bonds. The summed E-state index contributed by atoms with van der Waals surface area (Å²) in [5, 5.41) is 2.75. The summed E-state index contributed by atoms with van der Waals surface area (Å²) in [6.07, 6.45) is 0. The SMILES string of the molecule is O=C1CN(C(=O)c2ccc(Cl)s2)c2ccccc2N1. The average Bonchev–Trinajstić information content (AvgIpc) is 2.83. The zero-order valence-electron chi connectivity index (χ0n) is 9.72. The van der Waals surface area contributed by atoms with Crippen molar-refractivity contribution in [3.8, 4) is 0 Å². The number of hydrogen-bond donors (Lipinski definition) is 1. The fourth-order valence-corrected chi connectivity index (χ4v) is 2.97. The highest BCUT2D eigenvalue weighted by molar-refractivity contribution is 7.18. The van der Waals surface area contributed by atoms with Gasteiger partial charge in [0.05, 0.1) is 20.6 Å². The molecule has 1 aromatic heterocycles. The van der Waals surface area contributed by atoms with Crippen LogP contribution in [-0.2, 0) is 4.79 Å². The molecule has 19 heavy (non-hydrogen) atoms. The number of amides is 2. The van der Waals surface area contributed by atoms with Crippen molar-refractivity contribution in [1.82, 2.24) is 0 Å². The van der Waals surface area contributed by atoms with Gasteiger partial charge in [-0.25, -0.2) is 0 Å². The largest absolute Gasteiger partial charge is 0.323 e. The van der Waals surface area contributed by atoms with Crippen molar-refractivity contribution in [3.05, 3.63) is 45.6 Å². The molecule has 0 saturated carbocycles. The molecule has 2 heterocycles. The first-order valence-electron chi connectivity index (χ1n) is 5.61. The topological polar surface area (TPSA) is 49.4 Å². The van der Waals surface area contributed by atoms with Gasteiger partial charge in [-0.2, -0.15) is 0 Å². The number of para-hydroxylation sites is 2. The third-order valence-corrected chi connectivity index (χ3v) is 4.02. The van der Waals surface area contributed by atoms with Crippen LogP contribution < -0.4 is 10.2 Å². The van der Waals surface area contributed by atoms with Crippen LogP contribution in [0.15, 0.2) is 36.4 Å². The summed E-state index contributed by atoms with van der Waals surface area (Å²) in [6.45, 7) is 0.0192. The predicted octanol–water partition coefficient (Wildman–Crippen LogP) is 3.00. The second kappa shape index (κ2) is 4.68. The Morgan fingerprint density at radius 3 is 2.79 bits per heavy atom. The highest BCUT2D eigenvalue weighted by Gasteiger charge is 2.28. The number of hydrogen-bond acceptors (Lipinski definition) is 3. The van der Waals surface area contributed by atoms with Crippen LogP contribution in [0, 0.1) is 0 Å². The minimum absolute atomic E-state index is 0.0192. The molecule has 0 atom stereocenters. The van der Waals surface area contributed by atoms with Crippen LogP contribution in [0.25, 0.3) is 0 Å². The Labute approximate surface area is 118 Å². The predicted molar refractivity (Wildman–Crippen MR) is 76.1 cm³/mol. The van der Waals surface area contributed by atoms with Crippen molar-refractivity contribution in [3.63, 3.8) is 0 Å². The van der Waals surface area contributed by atoms with Crippen molar-refractivity contribution in [2.75, 3.05) is 16.8 Å². The van der Waals surface area contributed by atoms with Crippen LogP contribution in [0.1, 0.15) is 9.67 Å². The number of nitrogens with zero attached hydrogens (tertiary/aromatic N) is 1. The first-order chi connectivity index (χ1) is 9.15. The minimum Gasteiger partial charge on any atom is -0.323 e. The van der Waals surface area contributed by atoms with Gasteiger partial charge < -0.3 is 5.32 Å². The zero-order valence-corrected chi connectivity index (χ0v) is 11.3. The van der Waals surface area contributed by atoms with E-state index in [9.17, 15) is 9.59 Å². The van der Waals surface area contributed by atoms with E-state index in [4.69, 9.17) is 11.6 Å². The molecule has 0 bridgehead atoms. The molecule has 0 aliphatic carbocycles. The lowest BCUT2D eigenvalue weighted by Crippen LogP contribution is -2.41. The summed E-state index contributed by atoms with van der Waals surface area (Å²) in [6, 6.07) is 10.6. The maximum absolute atomic E-state index is 12.4. The fourth-order valence-electron chi connectivity index (χ4n) is 1.98. The van der Waals surface area contributed by atoms with Gasteiger partial charge in [0, 0.05) is 0 Å². The highest BCUT2D eigenvalue weighted by atomic mass is 35.5. The molecule has 1 aromatic carbocycles. The van der Waals surface area contributed by atoms with E-state index in [0.717, 1.165) is 0 Å². The second-order valence-corrected chi connectivity index (χ2v) is 5.78. The van der Waals surface area contributed by atoms with Gasteiger partial charge in [0.25, 0.3) is 5.91 Å². The summed E-state index contributed by atoms with van der Waals surface area (Å²) in [5.41, 5.74) is 1.35. The van der Waals surface area contributed by atoms with E-state index in [1.165, 1.54) is 16.2 Å². The Morgan fingerprint density at radius 1 is 1.26 bits per heavy atom. The maximum Gasteiger partial charge on any atom is 0.268 e. The zero-order chi connectivity index (χ0) is 13.4. The van der Waals surface area contributed by atoms with Crippen LogP contribution in [0.3, 0.4) is 0 Å². The average molecular weight is 293 g/mol. The summed E-state index contributed by atoms with van der Waals surface area (Å²) in [5.74, 6) is -0.408. The number of nitrogens with one attached hydrogen (secondary N) is 1. The highest BCUT2D eigenvalue weighted by Crippen LogP contribution is 2.31. The molecule has 1 aliphatic rings. The van der Waals surface area contributed by atoms with Gasteiger partial charge in [-0.15, -0.1) is 11.3 Å². The monoisotopic (exact) mass is 292 g/mol. The number of anilines is 2. The summed E-state index contributed by atoms with van der Waals surface area (Å²) in [4.78, 5) is 26.1. The molecule has 0 fully saturated rings. The van der Waals surface area contributed by atoms with Crippen LogP contribution in [0.4, 0.5) is 11.4 Å². The summed E-state index contributed by atoms with van der Waals surface area (Å²) < 4.78 is 0.554. The molecule has 2 aromatic rings. The number of carbonyl (C=O) groups excluding carboxylic acids is 2. The fraction of sp³-hybridized carbons (Fsp3) is 0.0769. The van der Waals surface area contributed by atoms with Crippen LogP contribution in [0.2, 0.25) is 4.34 Å². The first-order valence-corrected chi connectivity index (χ1v) is 6.80. The minimum atomic E-state index is -0.209. The van der Waals surface area contributed by atoms with Gasteiger partial charge in [0.2, 0.25) is 5.91 Å².